The van der Waals surface area contributed by atoms with Crippen molar-refractivity contribution in [3.8, 4) is 0 Å². The minimum atomic E-state index is -0.142. The summed E-state index contributed by atoms with van der Waals surface area (Å²) in [6, 6.07) is 10.5. The van der Waals surface area contributed by atoms with E-state index >= 15 is 0 Å². The van der Waals surface area contributed by atoms with Gasteiger partial charge in [0.25, 0.3) is 0 Å². The minimum Gasteiger partial charge on any atom is -0.355 e. The van der Waals surface area contributed by atoms with Gasteiger partial charge in [0.1, 0.15) is 0 Å². The lowest BCUT2D eigenvalue weighted by Gasteiger charge is -2.47. The summed E-state index contributed by atoms with van der Waals surface area (Å²) in [6.07, 6.45) is 3.10. The Bertz CT molecular complexity index is 1070. The minimum absolute atomic E-state index is 0.0241. The summed E-state index contributed by atoms with van der Waals surface area (Å²) >= 11 is 24.1. The van der Waals surface area contributed by atoms with Gasteiger partial charge < -0.3 is 10.6 Å². The van der Waals surface area contributed by atoms with E-state index in [1.54, 1.807) is 30.3 Å². The lowest BCUT2D eigenvalue weighted by Crippen LogP contribution is -2.50. The van der Waals surface area contributed by atoms with Gasteiger partial charge in [-0.15, -0.1) is 0 Å². The Labute approximate surface area is 221 Å². The first-order valence-electron chi connectivity index (χ1n) is 11.3. The summed E-state index contributed by atoms with van der Waals surface area (Å²) in [6.45, 7) is 7.13. The Morgan fingerprint density at radius 1 is 0.824 bits per heavy atom. The van der Waals surface area contributed by atoms with Crippen LogP contribution >= 0.6 is 46.4 Å². The van der Waals surface area contributed by atoms with Gasteiger partial charge in [0, 0.05) is 12.6 Å². The number of amides is 2. The van der Waals surface area contributed by atoms with Crippen molar-refractivity contribution in [2.24, 2.45) is 10.8 Å². The van der Waals surface area contributed by atoms with E-state index in [9.17, 15) is 9.59 Å². The van der Waals surface area contributed by atoms with Crippen LogP contribution in [0.2, 0.25) is 20.1 Å². The van der Waals surface area contributed by atoms with Crippen LogP contribution in [-0.2, 0) is 22.4 Å². The number of rotatable bonds is 7. The zero-order chi connectivity index (χ0) is 25.1. The second-order valence-electron chi connectivity index (χ2n) is 10.5. The van der Waals surface area contributed by atoms with Crippen molar-refractivity contribution in [1.29, 1.82) is 0 Å². The van der Waals surface area contributed by atoms with Crippen LogP contribution in [-0.4, -0.2) is 24.4 Å². The van der Waals surface area contributed by atoms with Gasteiger partial charge in [-0.1, -0.05) is 79.3 Å². The average Bonchev–Trinajstić information content (AvgIpc) is 2.70. The van der Waals surface area contributed by atoms with Crippen molar-refractivity contribution in [1.82, 2.24) is 10.6 Å². The molecule has 0 spiro atoms. The van der Waals surface area contributed by atoms with Crippen LogP contribution in [0.1, 0.15) is 51.2 Å². The molecule has 0 saturated heterocycles. The van der Waals surface area contributed by atoms with Crippen molar-refractivity contribution in [3.05, 3.63) is 67.6 Å². The van der Waals surface area contributed by atoms with E-state index in [1.807, 2.05) is 6.07 Å². The van der Waals surface area contributed by atoms with Gasteiger partial charge >= 0.3 is 0 Å². The van der Waals surface area contributed by atoms with Crippen LogP contribution < -0.4 is 10.6 Å². The fraction of sp³-hybridized carbons (Fsp3) is 0.462. The highest BCUT2D eigenvalue weighted by Gasteiger charge is 2.41. The second kappa shape index (κ2) is 11.1. The van der Waals surface area contributed by atoms with Gasteiger partial charge in [-0.3, -0.25) is 9.59 Å². The predicted molar refractivity (Wildman–Crippen MR) is 141 cm³/mol. The summed E-state index contributed by atoms with van der Waals surface area (Å²) in [5, 5.41) is 8.09. The molecule has 0 bridgehead atoms. The van der Waals surface area contributed by atoms with Gasteiger partial charge in [0.05, 0.1) is 32.9 Å². The van der Waals surface area contributed by atoms with E-state index < -0.39 is 0 Å². The third-order valence-electron chi connectivity index (χ3n) is 6.22. The van der Waals surface area contributed by atoms with Crippen molar-refractivity contribution in [2.75, 3.05) is 6.54 Å². The molecule has 1 saturated carbocycles. The van der Waals surface area contributed by atoms with Gasteiger partial charge in [-0.05, 0) is 65.5 Å². The molecule has 3 rings (SSSR count). The Balaban J connectivity index is 1.58. The van der Waals surface area contributed by atoms with Crippen molar-refractivity contribution in [3.63, 3.8) is 0 Å². The number of carbonyl (C=O) groups excluding carboxylic acids is 2. The molecule has 1 aliphatic carbocycles. The number of carbonyl (C=O) groups is 2. The molecular weight excluding hydrogens is 514 g/mol. The molecule has 1 aliphatic rings. The molecule has 0 heterocycles. The molecule has 2 N–H and O–H groups in total. The van der Waals surface area contributed by atoms with Crippen LogP contribution in [0.25, 0.3) is 0 Å². The van der Waals surface area contributed by atoms with E-state index in [0.29, 0.717) is 26.6 Å². The molecular formula is C26H30Cl4N2O2. The van der Waals surface area contributed by atoms with E-state index in [4.69, 9.17) is 46.4 Å². The molecule has 0 aromatic heterocycles. The number of hydrogen-bond donors (Lipinski definition) is 2. The molecule has 0 unspecified atom stereocenters. The molecule has 8 heteroatoms. The Kier molecular flexibility index (Phi) is 8.84. The molecule has 2 atom stereocenters. The smallest absolute Gasteiger partial charge is 0.224 e. The third-order valence-corrected chi connectivity index (χ3v) is 7.70. The highest BCUT2D eigenvalue weighted by atomic mass is 35.5. The fourth-order valence-electron chi connectivity index (χ4n) is 5.19. The van der Waals surface area contributed by atoms with Crippen LogP contribution in [0, 0.1) is 10.8 Å². The monoisotopic (exact) mass is 542 g/mol. The van der Waals surface area contributed by atoms with E-state index in [1.165, 1.54) is 0 Å². The van der Waals surface area contributed by atoms with Crippen LogP contribution in [0.15, 0.2) is 36.4 Å². The van der Waals surface area contributed by atoms with E-state index in [-0.39, 0.29) is 41.5 Å². The maximum atomic E-state index is 12.7. The van der Waals surface area contributed by atoms with Gasteiger partial charge in [0.2, 0.25) is 11.8 Å². The second-order valence-corrected chi connectivity index (χ2v) is 12.1. The molecule has 184 valence electrons. The first-order valence-corrected chi connectivity index (χ1v) is 12.8. The molecule has 4 nitrogen and oxygen atoms in total. The maximum Gasteiger partial charge on any atom is 0.224 e. The Morgan fingerprint density at radius 2 is 1.35 bits per heavy atom. The van der Waals surface area contributed by atoms with E-state index in [0.717, 1.165) is 30.4 Å². The quantitative estimate of drug-likeness (QED) is 0.399. The van der Waals surface area contributed by atoms with Crippen LogP contribution in [0.5, 0.6) is 0 Å². The number of nitrogens with one attached hydrogen (secondary N) is 2. The summed E-state index contributed by atoms with van der Waals surface area (Å²) < 4.78 is 0. The lowest BCUT2D eigenvalue weighted by atomic mass is 9.62. The standard InChI is InChI=1S/C26H30Cl4N2O2/c1-25(2)12-18(32-24(34)11-17-5-7-20(28)22(30)9-17)13-26(3,14-25)15-31-23(33)10-16-4-6-19(27)21(29)8-16/h4-9,18H,10-15H2,1-3H3,(H,31,33)(H,32,34)/t18-,26-/m1/s1. The number of halogens is 4. The van der Waals surface area contributed by atoms with E-state index in [2.05, 4.69) is 31.4 Å². The summed E-state index contributed by atoms with van der Waals surface area (Å²) in [7, 11) is 0. The zero-order valence-electron chi connectivity index (χ0n) is 19.6. The summed E-state index contributed by atoms with van der Waals surface area (Å²) in [5.41, 5.74) is 1.52. The molecule has 0 aliphatic heterocycles. The first kappa shape index (κ1) is 27.1. The average molecular weight is 544 g/mol. The highest BCUT2D eigenvalue weighted by Crippen LogP contribution is 2.45. The first-order chi connectivity index (χ1) is 15.8. The summed E-state index contributed by atoms with van der Waals surface area (Å²) in [4.78, 5) is 25.3. The zero-order valence-corrected chi connectivity index (χ0v) is 22.6. The number of benzene rings is 2. The highest BCUT2D eigenvalue weighted by molar-refractivity contribution is 6.42. The molecule has 2 aromatic carbocycles. The topological polar surface area (TPSA) is 58.2 Å². The summed E-state index contributed by atoms with van der Waals surface area (Å²) in [5.74, 6) is -0.115. The molecule has 34 heavy (non-hydrogen) atoms. The molecule has 2 aromatic rings. The SMILES string of the molecule is CC1(C)C[C@@H](NC(=O)Cc2ccc(Cl)c(Cl)c2)C[C@@](C)(CNC(=O)Cc2ccc(Cl)c(Cl)c2)C1. The van der Waals surface area contributed by atoms with Gasteiger partial charge in [0.15, 0.2) is 0 Å². The van der Waals surface area contributed by atoms with Gasteiger partial charge in [-0.25, -0.2) is 0 Å². The van der Waals surface area contributed by atoms with Crippen molar-refractivity contribution < 1.29 is 9.59 Å². The fourth-order valence-corrected chi connectivity index (χ4v) is 5.83. The molecule has 1 fully saturated rings. The molecule has 2 amide bonds. The number of hydrogen-bond acceptors (Lipinski definition) is 2. The predicted octanol–water partition coefficient (Wildman–Crippen LogP) is 6.90. The molecule has 0 radical (unpaired) electrons. The maximum absolute atomic E-state index is 12.7. The van der Waals surface area contributed by atoms with Gasteiger partial charge in [-0.2, -0.15) is 0 Å². The largest absolute Gasteiger partial charge is 0.355 e. The third kappa shape index (κ3) is 7.78. The normalized spacial score (nSPS) is 21.7. The Morgan fingerprint density at radius 3 is 1.88 bits per heavy atom. The Hall–Kier alpha value is -1.46. The van der Waals surface area contributed by atoms with Crippen molar-refractivity contribution in [2.45, 2.75) is 58.9 Å². The van der Waals surface area contributed by atoms with Crippen molar-refractivity contribution >= 4 is 58.2 Å². The van der Waals surface area contributed by atoms with Crippen LogP contribution in [0.4, 0.5) is 0 Å². The lowest BCUT2D eigenvalue weighted by molar-refractivity contribution is -0.123. The van der Waals surface area contributed by atoms with Crippen LogP contribution in [0.3, 0.4) is 0 Å².